The van der Waals surface area contributed by atoms with E-state index >= 15 is 0 Å². The number of nitrogens with zero attached hydrogens (tertiary/aromatic N) is 1. The third kappa shape index (κ3) is 6.42. The molecule has 1 rings (SSSR count). The summed E-state index contributed by atoms with van der Waals surface area (Å²) in [5.41, 5.74) is 0. The molecule has 1 heterocycles. The van der Waals surface area contributed by atoms with Crippen LogP contribution in [0.4, 0.5) is 0 Å². The van der Waals surface area contributed by atoms with Crippen molar-refractivity contribution in [2.45, 2.75) is 12.5 Å². The Morgan fingerprint density at radius 3 is 2.81 bits per heavy atom. The van der Waals surface area contributed by atoms with Crippen LogP contribution in [0.15, 0.2) is 0 Å². The van der Waals surface area contributed by atoms with Crippen LogP contribution < -0.4 is 5.32 Å². The van der Waals surface area contributed by atoms with E-state index in [-0.39, 0.29) is 11.9 Å². The zero-order valence-corrected chi connectivity index (χ0v) is 10.9. The Morgan fingerprint density at radius 2 is 2.25 bits per heavy atom. The predicted molar refractivity (Wildman–Crippen MR) is 64.4 cm³/mol. The van der Waals surface area contributed by atoms with E-state index in [2.05, 4.69) is 10.2 Å². The second kappa shape index (κ2) is 6.54. The number of sulfone groups is 1. The van der Waals surface area contributed by atoms with Crippen LogP contribution in [0.1, 0.15) is 6.42 Å². The molecule has 0 saturated carbocycles. The fourth-order valence-corrected chi connectivity index (χ4v) is 2.43. The molecule has 0 bridgehead atoms. The molecule has 1 fully saturated rings. The molecule has 0 aromatic heterocycles. The maximum Gasteiger partial charge on any atom is 0.147 e. The van der Waals surface area contributed by atoms with Crippen LogP contribution >= 0.6 is 0 Å². The third-order valence-corrected chi connectivity index (χ3v) is 3.60. The Hall–Kier alpha value is -0.170. The van der Waals surface area contributed by atoms with E-state index in [0.29, 0.717) is 6.42 Å². The van der Waals surface area contributed by atoms with Gasteiger partial charge in [0.2, 0.25) is 0 Å². The lowest BCUT2D eigenvalue weighted by atomic mass is 10.3. The van der Waals surface area contributed by atoms with Gasteiger partial charge in [-0.05, 0) is 20.0 Å². The average molecular weight is 250 g/mol. The summed E-state index contributed by atoms with van der Waals surface area (Å²) in [6.07, 6.45) is 2.20. The molecule has 96 valence electrons. The van der Waals surface area contributed by atoms with Gasteiger partial charge in [0, 0.05) is 25.9 Å². The molecule has 16 heavy (non-hydrogen) atoms. The van der Waals surface area contributed by atoms with Gasteiger partial charge in [-0.15, -0.1) is 0 Å². The van der Waals surface area contributed by atoms with Crippen LogP contribution in [0.2, 0.25) is 0 Å². The molecule has 0 radical (unpaired) electrons. The molecule has 0 aromatic rings. The van der Waals surface area contributed by atoms with E-state index in [4.69, 9.17) is 4.74 Å². The second-order valence-electron chi connectivity index (χ2n) is 4.44. The Kier molecular flexibility index (Phi) is 5.68. The quantitative estimate of drug-likeness (QED) is 0.678. The molecule has 0 aliphatic carbocycles. The number of likely N-dealkylation sites (N-methyl/N-ethyl adjacent to an activating group) is 1. The monoisotopic (exact) mass is 250 g/mol. The van der Waals surface area contributed by atoms with Crippen molar-refractivity contribution in [3.05, 3.63) is 0 Å². The van der Waals surface area contributed by atoms with E-state index in [1.54, 1.807) is 0 Å². The van der Waals surface area contributed by atoms with Gasteiger partial charge in [-0.25, -0.2) is 8.42 Å². The molecular formula is C10H22N2O3S. The minimum atomic E-state index is -2.82. The SMILES string of the molecule is CN(CCCS(C)(=O)=O)CC1CNCCO1. The van der Waals surface area contributed by atoms with E-state index in [1.807, 2.05) is 7.05 Å². The predicted octanol–water partition coefficient (Wildman–Crippen LogP) is -0.659. The summed E-state index contributed by atoms with van der Waals surface area (Å²) in [5, 5.41) is 3.27. The molecule has 0 spiro atoms. The van der Waals surface area contributed by atoms with Gasteiger partial charge >= 0.3 is 0 Å². The van der Waals surface area contributed by atoms with Crippen LogP contribution in [-0.2, 0) is 14.6 Å². The molecule has 0 aromatic carbocycles. The first-order valence-corrected chi connectivity index (χ1v) is 7.72. The fraction of sp³-hybridized carbons (Fsp3) is 1.00. The molecule has 5 nitrogen and oxygen atoms in total. The zero-order valence-electron chi connectivity index (χ0n) is 10.1. The zero-order chi connectivity index (χ0) is 12.0. The third-order valence-electron chi connectivity index (χ3n) is 2.57. The van der Waals surface area contributed by atoms with Crippen LogP contribution in [-0.4, -0.2) is 71.3 Å². The minimum absolute atomic E-state index is 0.233. The van der Waals surface area contributed by atoms with Crippen molar-refractivity contribution in [2.24, 2.45) is 0 Å². The van der Waals surface area contributed by atoms with Gasteiger partial charge in [0.05, 0.1) is 18.5 Å². The summed E-state index contributed by atoms with van der Waals surface area (Å²) in [6, 6.07) is 0. The van der Waals surface area contributed by atoms with E-state index in [1.165, 1.54) is 6.26 Å². The summed E-state index contributed by atoms with van der Waals surface area (Å²) in [6.45, 7) is 4.23. The van der Waals surface area contributed by atoms with Crippen molar-refractivity contribution >= 4 is 9.84 Å². The largest absolute Gasteiger partial charge is 0.374 e. The van der Waals surface area contributed by atoms with Crippen molar-refractivity contribution < 1.29 is 13.2 Å². The number of nitrogens with one attached hydrogen (secondary N) is 1. The molecule has 1 N–H and O–H groups in total. The summed E-state index contributed by atoms with van der Waals surface area (Å²) in [4.78, 5) is 2.13. The number of morpholine rings is 1. The highest BCUT2D eigenvalue weighted by atomic mass is 32.2. The number of ether oxygens (including phenoxy) is 1. The van der Waals surface area contributed by atoms with Crippen LogP contribution in [0.5, 0.6) is 0 Å². The minimum Gasteiger partial charge on any atom is -0.374 e. The van der Waals surface area contributed by atoms with E-state index in [0.717, 1.165) is 32.8 Å². The van der Waals surface area contributed by atoms with Crippen LogP contribution in [0.3, 0.4) is 0 Å². The van der Waals surface area contributed by atoms with Crippen molar-refractivity contribution in [3.63, 3.8) is 0 Å². The molecular weight excluding hydrogens is 228 g/mol. The average Bonchev–Trinajstić information content (AvgIpc) is 2.17. The van der Waals surface area contributed by atoms with Gasteiger partial charge in [-0.3, -0.25) is 0 Å². The standard InChI is InChI=1S/C10H22N2O3S/c1-12(5-3-7-16(2,13)14)9-10-8-11-4-6-15-10/h10-11H,3-9H2,1-2H3. The highest BCUT2D eigenvalue weighted by Gasteiger charge is 2.15. The normalized spacial score (nSPS) is 22.6. The summed E-state index contributed by atoms with van der Waals surface area (Å²) < 4.78 is 27.5. The van der Waals surface area contributed by atoms with Gasteiger partial charge in [0.15, 0.2) is 0 Å². The smallest absolute Gasteiger partial charge is 0.147 e. The molecule has 1 aliphatic heterocycles. The highest BCUT2D eigenvalue weighted by Crippen LogP contribution is 2.00. The number of hydrogen-bond acceptors (Lipinski definition) is 5. The first kappa shape index (κ1) is 13.9. The Labute approximate surface area is 98.1 Å². The maximum absolute atomic E-state index is 10.9. The summed E-state index contributed by atoms with van der Waals surface area (Å²) in [7, 11) is -0.823. The molecule has 6 heteroatoms. The molecule has 1 atom stereocenters. The maximum atomic E-state index is 10.9. The van der Waals surface area contributed by atoms with Crippen molar-refractivity contribution in [1.29, 1.82) is 0 Å². The van der Waals surface area contributed by atoms with Gasteiger partial charge in [0.1, 0.15) is 9.84 Å². The second-order valence-corrected chi connectivity index (χ2v) is 6.70. The number of hydrogen-bond donors (Lipinski definition) is 1. The molecule has 1 unspecified atom stereocenters. The Bertz CT molecular complexity index is 286. The van der Waals surface area contributed by atoms with E-state index < -0.39 is 9.84 Å². The Morgan fingerprint density at radius 1 is 1.50 bits per heavy atom. The lowest BCUT2D eigenvalue weighted by Gasteiger charge is -2.27. The lowest BCUT2D eigenvalue weighted by Crippen LogP contribution is -2.44. The van der Waals surface area contributed by atoms with Crippen molar-refractivity contribution in [1.82, 2.24) is 10.2 Å². The fourth-order valence-electron chi connectivity index (χ4n) is 1.77. The van der Waals surface area contributed by atoms with Gasteiger partial charge in [-0.2, -0.15) is 0 Å². The van der Waals surface area contributed by atoms with Gasteiger partial charge in [-0.1, -0.05) is 0 Å². The molecule has 0 amide bonds. The Balaban J connectivity index is 2.12. The van der Waals surface area contributed by atoms with Crippen molar-refractivity contribution in [3.8, 4) is 0 Å². The van der Waals surface area contributed by atoms with Crippen LogP contribution in [0.25, 0.3) is 0 Å². The van der Waals surface area contributed by atoms with Gasteiger partial charge in [0.25, 0.3) is 0 Å². The summed E-state index contributed by atoms with van der Waals surface area (Å²) in [5.74, 6) is 0.265. The lowest BCUT2D eigenvalue weighted by molar-refractivity contribution is 0.0102. The summed E-state index contributed by atoms with van der Waals surface area (Å²) >= 11 is 0. The van der Waals surface area contributed by atoms with Crippen molar-refractivity contribution in [2.75, 3.05) is 51.8 Å². The van der Waals surface area contributed by atoms with Gasteiger partial charge < -0.3 is 15.0 Å². The van der Waals surface area contributed by atoms with E-state index in [9.17, 15) is 8.42 Å². The first-order valence-electron chi connectivity index (χ1n) is 5.66. The first-order chi connectivity index (χ1) is 7.47. The molecule has 1 aliphatic rings. The molecule has 1 saturated heterocycles. The topological polar surface area (TPSA) is 58.6 Å². The van der Waals surface area contributed by atoms with Crippen LogP contribution in [0, 0.1) is 0 Å². The highest BCUT2D eigenvalue weighted by molar-refractivity contribution is 7.90. The number of rotatable bonds is 6.